The average Bonchev–Trinajstić information content (AvgIpc) is 1.96. The van der Waals surface area contributed by atoms with Gasteiger partial charge in [0, 0.05) is 12.1 Å². The zero-order chi connectivity index (χ0) is 12.5. The topological polar surface area (TPSA) is 26.3 Å². The molecule has 0 aliphatic rings. The molecule has 0 spiro atoms. The lowest BCUT2D eigenvalue weighted by atomic mass is 10.1. The Morgan fingerprint density at radius 1 is 1.25 bits per heavy atom. The first-order chi connectivity index (χ1) is 7.20. The number of carbonyl (C=O) groups is 1. The Bertz CT molecular complexity index is 425. The van der Waals surface area contributed by atoms with Crippen molar-refractivity contribution >= 4 is 5.78 Å². The van der Waals surface area contributed by atoms with E-state index in [4.69, 9.17) is 0 Å². The van der Waals surface area contributed by atoms with Gasteiger partial charge in [-0.25, -0.2) is 8.78 Å². The summed E-state index contributed by atoms with van der Waals surface area (Å²) >= 11 is 0. The first-order valence-electron chi connectivity index (χ1n) is 3.96. The lowest BCUT2D eigenvalue weighted by Gasteiger charge is -2.12. The number of rotatable bonds is 2. The second-order valence-electron chi connectivity index (χ2n) is 2.86. The van der Waals surface area contributed by atoms with Gasteiger partial charge in [-0.05, 0) is 6.92 Å². The zero-order valence-corrected chi connectivity index (χ0v) is 7.86. The smallest absolute Gasteiger partial charge is 0.405 e. The molecule has 0 heterocycles. The number of carbonyl (C=O) groups excluding carboxylic acids is 1. The molecule has 0 atom stereocenters. The molecule has 2 nitrogen and oxygen atoms in total. The van der Waals surface area contributed by atoms with Crippen LogP contribution in [0.2, 0.25) is 0 Å². The molecule has 0 radical (unpaired) electrons. The number of hydrogen-bond acceptors (Lipinski definition) is 2. The number of benzene rings is 1. The van der Waals surface area contributed by atoms with Crippen LogP contribution < -0.4 is 4.74 Å². The summed E-state index contributed by atoms with van der Waals surface area (Å²) < 4.78 is 64.6. The summed E-state index contributed by atoms with van der Waals surface area (Å²) in [7, 11) is 0. The maximum absolute atomic E-state index is 13.0. The molecule has 0 unspecified atom stereocenters. The van der Waals surface area contributed by atoms with Crippen molar-refractivity contribution in [3.05, 3.63) is 29.3 Å². The van der Waals surface area contributed by atoms with Crippen molar-refractivity contribution in [2.75, 3.05) is 0 Å². The summed E-state index contributed by atoms with van der Waals surface area (Å²) in [5.74, 6) is -4.83. The number of hydrogen-bond donors (Lipinski definition) is 0. The van der Waals surface area contributed by atoms with E-state index in [1.807, 2.05) is 0 Å². The molecular formula is C9H5F5O2. The van der Waals surface area contributed by atoms with Crippen LogP contribution in [0.4, 0.5) is 22.0 Å². The molecule has 1 rings (SSSR count). The van der Waals surface area contributed by atoms with Crippen LogP contribution in [-0.4, -0.2) is 12.1 Å². The van der Waals surface area contributed by atoms with Crippen molar-refractivity contribution in [3.8, 4) is 5.75 Å². The van der Waals surface area contributed by atoms with Gasteiger partial charge in [-0.15, -0.1) is 13.2 Å². The highest BCUT2D eigenvalue weighted by Crippen LogP contribution is 2.29. The van der Waals surface area contributed by atoms with Gasteiger partial charge in [0.15, 0.2) is 5.78 Å². The van der Waals surface area contributed by atoms with Crippen LogP contribution in [0.3, 0.4) is 0 Å². The van der Waals surface area contributed by atoms with Gasteiger partial charge in [0.05, 0.1) is 5.56 Å². The molecule has 1 aromatic carbocycles. The van der Waals surface area contributed by atoms with Gasteiger partial charge in [0.25, 0.3) is 0 Å². The third-order valence-electron chi connectivity index (χ3n) is 1.60. The molecule has 0 saturated carbocycles. The van der Waals surface area contributed by atoms with E-state index in [1.54, 1.807) is 0 Å². The normalized spacial score (nSPS) is 11.4. The second kappa shape index (κ2) is 4.07. The number of halogens is 5. The molecule has 88 valence electrons. The summed E-state index contributed by atoms with van der Waals surface area (Å²) in [6, 6.07) is 0.604. The molecule has 7 heteroatoms. The lowest BCUT2D eigenvalue weighted by molar-refractivity contribution is -0.274. The maximum Gasteiger partial charge on any atom is 0.573 e. The minimum Gasteiger partial charge on any atom is -0.405 e. The van der Waals surface area contributed by atoms with Crippen LogP contribution in [0.5, 0.6) is 5.75 Å². The van der Waals surface area contributed by atoms with Crippen molar-refractivity contribution in [2.45, 2.75) is 13.3 Å². The van der Waals surface area contributed by atoms with E-state index in [-0.39, 0.29) is 0 Å². The van der Waals surface area contributed by atoms with Gasteiger partial charge in [-0.3, -0.25) is 4.79 Å². The van der Waals surface area contributed by atoms with Gasteiger partial charge in [-0.2, -0.15) is 0 Å². The first kappa shape index (κ1) is 12.4. The van der Waals surface area contributed by atoms with Crippen molar-refractivity contribution in [1.29, 1.82) is 0 Å². The van der Waals surface area contributed by atoms with E-state index in [0.29, 0.717) is 12.1 Å². The Hall–Kier alpha value is -1.66. The Balaban J connectivity index is 3.30. The van der Waals surface area contributed by atoms with Crippen LogP contribution in [0.15, 0.2) is 12.1 Å². The van der Waals surface area contributed by atoms with Crippen molar-refractivity contribution in [1.82, 2.24) is 0 Å². The van der Waals surface area contributed by atoms with Gasteiger partial charge in [0.1, 0.15) is 17.4 Å². The molecule has 0 N–H and O–H groups in total. The van der Waals surface area contributed by atoms with Crippen LogP contribution in [0, 0.1) is 11.6 Å². The maximum atomic E-state index is 13.0. The Morgan fingerprint density at radius 3 is 2.25 bits per heavy atom. The monoisotopic (exact) mass is 240 g/mol. The van der Waals surface area contributed by atoms with Crippen LogP contribution in [0.1, 0.15) is 17.3 Å². The third-order valence-corrected chi connectivity index (χ3v) is 1.60. The zero-order valence-electron chi connectivity index (χ0n) is 7.86. The number of alkyl halides is 3. The Labute approximate surface area is 86.6 Å². The highest BCUT2D eigenvalue weighted by molar-refractivity contribution is 5.97. The summed E-state index contributed by atoms with van der Waals surface area (Å²) in [5.41, 5.74) is -0.932. The fourth-order valence-corrected chi connectivity index (χ4v) is 1.10. The Kier molecular flexibility index (Phi) is 3.16. The van der Waals surface area contributed by atoms with Gasteiger partial charge in [-0.1, -0.05) is 0 Å². The van der Waals surface area contributed by atoms with Crippen LogP contribution >= 0.6 is 0 Å². The number of ether oxygens (including phenoxy) is 1. The van der Waals surface area contributed by atoms with E-state index in [1.165, 1.54) is 0 Å². The molecule has 0 aliphatic carbocycles. The molecule has 0 aliphatic heterocycles. The number of ketones is 1. The van der Waals surface area contributed by atoms with Crippen molar-refractivity contribution in [3.63, 3.8) is 0 Å². The van der Waals surface area contributed by atoms with Crippen molar-refractivity contribution in [2.24, 2.45) is 0 Å². The predicted molar refractivity (Wildman–Crippen MR) is 43.0 cm³/mol. The molecule has 0 amide bonds. The van der Waals surface area contributed by atoms with Crippen molar-refractivity contribution < 1.29 is 31.5 Å². The first-order valence-corrected chi connectivity index (χ1v) is 3.96. The molecule has 0 aromatic heterocycles. The molecule has 16 heavy (non-hydrogen) atoms. The van der Waals surface area contributed by atoms with Crippen LogP contribution in [-0.2, 0) is 0 Å². The van der Waals surface area contributed by atoms with Crippen LogP contribution in [0.25, 0.3) is 0 Å². The van der Waals surface area contributed by atoms with E-state index in [0.717, 1.165) is 6.92 Å². The van der Waals surface area contributed by atoms with E-state index < -0.39 is 35.1 Å². The third kappa shape index (κ3) is 2.91. The molecule has 1 aromatic rings. The summed E-state index contributed by atoms with van der Waals surface area (Å²) in [6.07, 6.45) is -5.12. The highest BCUT2D eigenvalue weighted by atomic mass is 19.4. The predicted octanol–water partition coefficient (Wildman–Crippen LogP) is 3.07. The minimum absolute atomic E-state index is 0.299. The fraction of sp³-hybridized carbons (Fsp3) is 0.222. The van der Waals surface area contributed by atoms with E-state index in [9.17, 15) is 26.7 Å². The number of Topliss-reactive ketones (excluding diaryl/α,β-unsaturated/α-hetero) is 1. The van der Waals surface area contributed by atoms with E-state index in [2.05, 4.69) is 4.74 Å². The standard InChI is InChI=1S/C9H5F5O2/c1-4(15)8-6(11)2-5(10)3-7(8)16-9(12,13)14/h2-3H,1H3. The SMILES string of the molecule is CC(=O)c1c(F)cc(F)cc1OC(F)(F)F. The lowest BCUT2D eigenvalue weighted by Crippen LogP contribution is -2.19. The minimum atomic E-state index is -5.12. The molecular weight excluding hydrogens is 235 g/mol. The highest BCUT2D eigenvalue weighted by Gasteiger charge is 2.33. The average molecular weight is 240 g/mol. The molecule has 0 bridgehead atoms. The second-order valence-corrected chi connectivity index (χ2v) is 2.86. The summed E-state index contributed by atoms with van der Waals surface area (Å²) in [5, 5.41) is 0. The summed E-state index contributed by atoms with van der Waals surface area (Å²) in [6.45, 7) is 0.847. The van der Waals surface area contributed by atoms with Gasteiger partial charge in [0.2, 0.25) is 0 Å². The van der Waals surface area contributed by atoms with E-state index >= 15 is 0 Å². The molecule has 0 fully saturated rings. The summed E-state index contributed by atoms with van der Waals surface area (Å²) in [4.78, 5) is 10.9. The fourth-order valence-electron chi connectivity index (χ4n) is 1.10. The molecule has 0 saturated heterocycles. The van der Waals surface area contributed by atoms with Gasteiger partial charge >= 0.3 is 6.36 Å². The quantitative estimate of drug-likeness (QED) is 0.586. The largest absolute Gasteiger partial charge is 0.573 e. The Morgan fingerprint density at radius 2 is 1.81 bits per heavy atom. The van der Waals surface area contributed by atoms with Gasteiger partial charge < -0.3 is 4.74 Å².